The van der Waals surface area contributed by atoms with Gasteiger partial charge in [-0.3, -0.25) is 4.79 Å². The molecule has 0 amide bonds. The van der Waals surface area contributed by atoms with E-state index in [-0.39, 0.29) is 0 Å². The summed E-state index contributed by atoms with van der Waals surface area (Å²) in [5.74, 6) is -0.524. The van der Waals surface area contributed by atoms with Crippen LogP contribution in [-0.2, 0) is 14.3 Å². The van der Waals surface area contributed by atoms with Crippen LogP contribution in [0.25, 0.3) is 0 Å². The van der Waals surface area contributed by atoms with E-state index >= 15 is 0 Å². The zero-order valence-electron chi connectivity index (χ0n) is 10.6. The molecular formula is C11H20O6S. The minimum atomic E-state index is -1.34. The van der Waals surface area contributed by atoms with Gasteiger partial charge in [0.25, 0.3) is 0 Å². The van der Waals surface area contributed by atoms with Crippen molar-refractivity contribution < 1.29 is 29.6 Å². The maximum absolute atomic E-state index is 11.7. The predicted molar refractivity (Wildman–Crippen MR) is 66.1 cm³/mol. The Morgan fingerprint density at radius 1 is 1.33 bits per heavy atom. The zero-order valence-corrected chi connectivity index (χ0v) is 11.5. The minimum Gasteiger partial charge on any atom is -0.455 e. The van der Waals surface area contributed by atoms with Crippen molar-refractivity contribution >= 4 is 18.6 Å². The van der Waals surface area contributed by atoms with E-state index in [9.17, 15) is 15.0 Å². The van der Waals surface area contributed by atoms with Gasteiger partial charge in [-0.1, -0.05) is 0 Å². The molecular weight excluding hydrogens is 260 g/mol. The summed E-state index contributed by atoms with van der Waals surface area (Å²) in [7, 11) is 0. The number of aliphatic hydroxyl groups is 3. The first-order valence-corrected chi connectivity index (χ1v) is 6.21. The van der Waals surface area contributed by atoms with Gasteiger partial charge in [-0.25, -0.2) is 0 Å². The van der Waals surface area contributed by atoms with Crippen molar-refractivity contribution in [3.8, 4) is 0 Å². The van der Waals surface area contributed by atoms with Gasteiger partial charge in [0.2, 0.25) is 0 Å². The first kappa shape index (κ1) is 15.7. The molecule has 1 aliphatic heterocycles. The highest BCUT2D eigenvalue weighted by Crippen LogP contribution is 2.27. The molecule has 0 bridgehead atoms. The minimum absolute atomic E-state index is 0.449. The van der Waals surface area contributed by atoms with Crippen LogP contribution in [0.1, 0.15) is 20.8 Å². The molecule has 0 spiro atoms. The van der Waals surface area contributed by atoms with E-state index in [0.29, 0.717) is 0 Å². The van der Waals surface area contributed by atoms with E-state index < -0.39 is 47.8 Å². The molecule has 0 aromatic carbocycles. The van der Waals surface area contributed by atoms with Crippen LogP contribution in [0, 0.1) is 5.41 Å². The van der Waals surface area contributed by atoms with Gasteiger partial charge in [0.1, 0.15) is 23.7 Å². The molecule has 0 aromatic rings. The third kappa shape index (κ3) is 3.36. The Labute approximate surface area is 111 Å². The van der Waals surface area contributed by atoms with E-state index in [4.69, 9.17) is 14.6 Å². The Bertz CT molecular complexity index is 302. The van der Waals surface area contributed by atoms with Crippen LogP contribution in [-0.4, -0.2) is 57.7 Å². The van der Waals surface area contributed by atoms with E-state index in [2.05, 4.69) is 12.6 Å². The number of thiol groups is 1. The molecule has 3 N–H and O–H groups in total. The van der Waals surface area contributed by atoms with E-state index in [1.807, 2.05) is 0 Å². The number of carbonyl (C=O) groups is 1. The Morgan fingerprint density at radius 3 is 2.33 bits per heavy atom. The maximum atomic E-state index is 11.7. The molecule has 106 valence electrons. The summed E-state index contributed by atoms with van der Waals surface area (Å²) < 4.78 is 10.3. The average Bonchev–Trinajstić information content (AvgIpc) is 2.27. The first-order valence-electron chi connectivity index (χ1n) is 5.70. The van der Waals surface area contributed by atoms with Crippen LogP contribution in [0.4, 0.5) is 0 Å². The predicted octanol–water partition coefficient (Wildman–Crippen LogP) is -0.687. The van der Waals surface area contributed by atoms with Crippen LogP contribution in [0.3, 0.4) is 0 Å². The van der Waals surface area contributed by atoms with Gasteiger partial charge in [0.05, 0.1) is 12.0 Å². The average molecular weight is 280 g/mol. The second-order valence-corrected chi connectivity index (χ2v) is 5.86. The van der Waals surface area contributed by atoms with Crippen molar-refractivity contribution in [2.75, 3.05) is 6.61 Å². The van der Waals surface area contributed by atoms with Crippen LogP contribution in [0.15, 0.2) is 0 Å². The molecule has 7 heteroatoms. The van der Waals surface area contributed by atoms with Crippen LogP contribution in [0.2, 0.25) is 0 Å². The molecule has 0 saturated carbocycles. The Hall–Kier alpha value is -0.340. The van der Waals surface area contributed by atoms with Gasteiger partial charge in [-0.15, -0.1) is 12.6 Å². The van der Waals surface area contributed by atoms with Crippen molar-refractivity contribution in [1.82, 2.24) is 0 Å². The fourth-order valence-corrected chi connectivity index (χ4v) is 1.89. The van der Waals surface area contributed by atoms with E-state index in [1.54, 1.807) is 20.8 Å². The van der Waals surface area contributed by atoms with Gasteiger partial charge < -0.3 is 24.8 Å². The standard InChI is InChI=1S/C11H20O6S/c1-11(2,3)10(15)17-8-7(14)6(13)5(4-12)16-9(8)18/h5-9,12-14,18H,4H2,1-3H3/t5-,6+,7+,8-,9+/m1/s1. The Kier molecular flexibility index (Phi) is 5.02. The Balaban J connectivity index is 2.74. The molecule has 0 radical (unpaired) electrons. The van der Waals surface area contributed by atoms with Gasteiger partial charge in [0, 0.05) is 0 Å². The topological polar surface area (TPSA) is 96.2 Å². The molecule has 1 aliphatic rings. The fourth-order valence-electron chi connectivity index (χ4n) is 1.50. The molecule has 0 aliphatic carbocycles. The number of carbonyl (C=O) groups excluding carboxylic acids is 1. The first-order chi connectivity index (χ1) is 8.18. The molecule has 0 aromatic heterocycles. The molecule has 1 rings (SSSR count). The van der Waals surface area contributed by atoms with Crippen molar-refractivity contribution in [3.63, 3.8) is 0 Å². The van der Waals surface area contributed by atoms with Crippen LogP contribution < -0.4 is 0 Å². The third-order valence-electron chi connectivity index (χ3n) is 2.70. The summed E-state index contributed by atoms with van der Waals surface area (Å²) in [5.41, 5.74) is -1.63. The highest BCUT2D eigenvalue weighted by Gasteiger charge is 2.45. The summed E-state index contributed by atoms with van der Waals surface area (Å²) in [5, 5.41) is 28.5. The number of ether oxygens (including phenoxy) is 2. The van der Waals surface area contributed by atoms with Gasteiger partial charge >= 0.3 is 5.97 Å². The molecule has 6 nitrogen and oxygen atoms in total. The van der Waals surface area contributed by atoms with Gasteiger partial charge in [0.15, 0.2) is 6.10 Å². The SMILES string of the molecule is CC(C)(C)C(=O)O[C@@H]1[C@@H](O)[C@@H](O)[C@@H](CO)O[C@H]1S. The summed E-state index contributed by atoms with van der Waals surface area (Å²) in [6, 6.07) is 0. The van der Waals surface area contributed by atoms with Gasteiger partial charge in [-0.05, 0) is 20.8 Å². The van der Waals surface area contributed by atoms with E-state index in [1.165, 1.54) is 0 Å². The molecule has 1 saturated heterocycles. The highest BCUT2D eigenvalue weighted by atomic mass is 32.1. The third-order valence-corrected chi connectivity index (χ3v) is 3.11. The molecule has 18 heavy (non-hydrogen) atoms. The maximum Gasteiger partial charge on any atom is 0.311 e. The highest BCUT2D eigenvalue weighted by molar-refractivity contribution is 7.80. The number of esters is 1. The van der Waals surface area contributed by atoms with Crippen LogP contribution in [0.5, 0.6) is 0 Å². The smallest absolute Gasteiger partial charge is 0.311 e. The van der Waals surface area contributed by atoms with Crippen molar-refractivity contribution in [2.24, 2.45) is 5.41 Å². The lowest BCUT2D eigenvalue weighted by Crippen LogP contribution is -2.58. The molecule has 1 fully saturated rings. The lowest BCUT2D eigenvalue weighted by atomic mass is 9.96. The number of rotatable bonds is 2. The summed E-state index contributed by atoms with van der Waals surface area (Å²) in [6.45, 7) is 4.57. The summed E-state index contributed by atoms with van der Waals surface area (Å²) in [6.07, 6.45) is -4.68. The van der Waals surface area contributed by atoms with Crippen molar-refractivity contribution in [3.05, 3.63) is 0 Å². The zero-order chi connectivity index (χ0) is 14.1. The largest absolute Gasteiger partial charge is 0.455 e. The lowest BCUT2D eigenvalue weighted by Gasteiger charge is -2.40. The second-order valence-electron chi connectivity index (χ2n) is 5.35. The number of hydrogen-bond acceptors (Lipinski definition) is 7. The lowest BCUT2D eigenvalue weighted by molar-refractivity contribution is -0.222. The van der Waals surface area contributed by atoms with E-state index in [0.717, 1.165) is 0 Å². The second kappa shape index (κ2) is 5.75. The van der Waals surface area contributed by atoms with Gasteiger partial charge in [-0.2, -0.15) is 0 Å². The van der Waals surface area contributed by atoms with Crippen molar-refractivity contribution in [1.29, 1.82) is 0 Å². The molecule has 1 heterocycles. The fraction of sp³-hybridized carbons (Fsp3) is 0.909. The molecule has 0 unspecified atom stereocenters. The Morgan fingerprint density at radius 2 is 1.89 bits per heavy atom. The summed E-state index contributed by atoms with van der Waals surface area (Å²) >= 11 is 4.06. The summed E-state index contributed by atoms with van der Waals surface area (Å²) in [4.78, 5) is 11.7. The monoisotopic (exact) mass is 280 g/mol. The van der Waals surface area contributed by atoms with Crippen LogP contribution >= 0.6 is 12.6 Å². The molecule has 5 atom stereocenters. The quantitative estimate of drug-likeness (QED) is 0.395. The number of hydrogen-bond donors (Lipinski definition) is 4. The number of aliphatic hydroxyl groups excluding tert-OH is 3. The van der Waals surface area contributed by atoms with Crippen molar-refractivity contribution in [2.45, 2.75) is 50.6 Å². The normalized spacial score (nSPS) is 37.4.